The first-order valence-electron chi connectivity index (χ1n) is 8.78. The number of nitrogens with zero attached hydrogens (tertiary/aromatic N) is 4. The number of carbonyl (C=O) groups excluding carboxylic acids is 1. The number of carbonyl (C=O) groups is 1. The zero-order valence-corrected chi connectivity index (χ0v) is 16.1. The highest BCUT2D eigenvalue weighted by molar-refractivity contribution is 5.94. The maximum absolute atomic E-state index is 12.7. The molecule has 1 N–H and O–H groups in total. The van der Waals surface area contributed by atoms with Gasteiger partial charge in [-0.15, -0.1) is 5.10 Å². The molecule has 0 saturated carbocycles. The van der Waals surface area contributed by atoms with Crippen molar-refractivity contribution in [2.75, 3.05) is 5.32 Å². The van der Waals surface area contributed by atoms with Gasteiger partial charge in [-0.25, -0.2) is 9.36 Å². The molecule has 27 heavy (non-hydrogen) atoms. The van der Waals surface area contributed by atoms with Crippen molar-refractivity contribution in [1.82, 2.24) is 19.6 Å². The summed E-state index contributed by atoms with van der Waals surface area (Å²) in [5, 5.41) is 11.6. The van der Waals surface area contributed by atoms with Crippen LogP contribution in [0.3, 0.4) is 0 Å². The van der Waals surface area contributed by atoms with E-state index < -0.39 is 6.04 Å². The molecule has 0 radical (unpaired) electrons. The minimum absolute atomic E-state index is 0.302. The van der Waals surface area contributed by atoms with Gasteiger partial charge in [-0.3, -0.25) is 9.59 Å². The van der Waals surface area contributed by atoms with Gasteiger partial charge in [0.25, 0.3) is 5.56 Å². The fourth-order valence-electron chi connectivity index (χ4n) is 2.89. The lowest BCUT2D eigenvalue weighted by atomic mass is 10.1. The summed E-state index contributed by atoms with van der Waals surface area (Å²) in [6.45, 7) is 9.34. The Labute approximate surface area is 157 Å². The van der Waals surface area contributed by atoms with Crippen LogP contribution >= 0.6 is 0 Å². The number of benzene rings is 1. The predicted octanol–water partition coefficient (Wildman–Crippen LogP) is 2.86. The van der Waals surface area contributed by atoms with Gasteiger partial charge in [0.2, 0.25) is 5.91 Å². The van der Waals surface area contributed by atoms with Crippen molar-refractivity contribution < 1.29 is 4.79 Å². The molecule has 140 valence electrons. The van der Waals surface area contributed by atoms with E-state index in [1.807, 2.05) is 52.0 Å². The molecule has 1 amide bonds. The van der Waals surface area contributed by atoms with Gasteiger partial charge in [0.15, 0.2) is 5.82 Å². The molecule has 0 spiro atoms. The van der Waals surface area contributed by atoms with Crippen LogP contribution in [0.15, 0.2) is 41.2 Å². The zero-order chi connectivity index (χ0) is 19.7. The zero-order valence-electron chi connectivity index (χ0n) is 16.1. The molecule has 3 rings (SSSR count). The second-order valence-electron chi connectivity index (χ2n) is 6.80. The Morgan fingerprint density at radius 1 is 1.04 bits per heavy atom. The van der Waals surface area contributed by atoms with Gasteiger partial charge < -0.3 is 5.32 Å². The van der Waals surface area contributed by atoms with Crippen LogP contribution in [-0.2, 0) is 4.79 Å². The van der Waals surface area contributed by atoms with Crippen LogP contribution in [0.25, 0.3) is 5.82 Å². The Balaban J connectivity index is 1.92. The summed E-state index contributed by atoms with van der Waals surface area (Å²) in [5.74, 6) is 0.190. The van der Waals surface area contributed by atoms with Gasteiger partial charge >= 0.3 is 0 Å². The maximum atomic E-state index is 12.7. The van der Waals surface area contributed by atoms with E-state index in [1.165, 1.54) is 10.7 Å². The first-order valence-corrected chi connectivity index (χ1v) is 8.78. The minimum Gasteiger partial charge on any atom is -0.324 e. The number of nitrogens with one attached hydrogen (secondary N) is 1. The molecule has 3 aromatic rings. The van der Waals surface area contributed by atoms with Crippen molar-refractivity contribution in [3.8, 4) is 5.82 Å². The molecule has 1 atom stereocenters. The van der Waals surface area contributed by atoms with Gasteiger partial charge in [-0.2, -0.15) is 5.10 Å². The minimum atomic E-state index is -0.769. The maximum Gasteiger partial charge on any atom is 0.267 e. The Hall–Kier alpha value is -3.22. The summed E-state index contributed by atoms with van der Waals surface area (Å²) in [5.41, 5.74) is 4.15. The average molecular weight is 365 g/mol. The van der Waals surface area contributed by atoms with E-state index in [0.29, 0.717) is 5.82 Å². The highest BCUT2D eigenvalue weighted by Gasteiger charge is 2.19. The molecule has 0 saturated heterocycles. The molecule has 2 aromatic heterocycles. The third-order valence-electron chi connectivity index (χ3n) is 4.43. The summed E-state index contributed by atoms with van der Waals surface area (Å²) in [6, 6.07) is 10.0. The van der Waals surface area contributed by atoms with Gasteiger partial charge in [0.1, 0.15) is 6.04 Å². The van der Waals surface area contributed by atoms with E-state index in [0.717, 1.165) is 28.2 Å². The van der Waals surface area contributed by atoms with E-state index in [4.69, 9.17) is 0 Å². The van der Waals surface area contributed by atoms with Crippen LogP contribution in [0.2, 0.25) is 0 Å². The molecule has 0 aliphatic heterocycles. The summed E-state index contributed by atoms with van der Waals surface area (Å²) < 4.78 is 2.84. The molecule has 1 aromatic carbocycles. The standard InChI is InChI=1S/C20H23N5O2/c1-12-6-7-13(2)17(10-12)21-20(27)16(5)25-19(26)9-8-18(23-25)24-15(4)11-14(3)22-24/h6-11,16H,1-5H3,(H,21,27). The number of anilines is 1. The monoisotopic (exact) mass is 365 g/mol. The van der Waals surface area contributed by atoms with E-state index in [9.17, 15) is 9.59 Å². The number of hydrogen-bond acceptors (Lipinski definition) is 4. The molecule has 0 aliphatic carbocycles. The van der Waals surface area contributed by atoms with Crippen molar-refractivity contribution in [2.45, 2.75) is 40.7 Å². The molecular weight excluding hydrogens is 342 g/mol. The third kappa shape index (κ3) is 3.81. The fourth-order valence-corrected chi connectivity index (χ4v) is 2.89. The molecule has 7 heteroatoms. The highest BCUT2D eigenvalue weighted by atomic mass is 16.2. The Morgan fingerprint density at radius 3 is 2.44 bits per heavy atom. The topological polar surface area (TPSA) is 81.8 Å². The number of aryl methyl sites for hydroxylation is 4. The summed E-state index contributed by atoms with van der Waals surface area (Å²) in [6.07, 6.45) is 0. The third-order valence-corrected chi connectivity index (χ3v) is 4.43. The lowest BCUT2D eigenvalue weighted by molar-refractivity contribution is -0.119. The Kier molecular flexibility index (Phi) is 4.94. The Bertz CT molecular complexity index is 1060. The van der Waals surface area contributed by atoms with E-state index in [1.54, 1.807) is 17.7 Å². The van der Waals surface area contributed by atoms with Crippen LogP contribution in [0, 0.1) is 27.7 Å². The van der Waals surface area contributed by atoms with Gasteiger partial charge in [-0.05, 0) is 63.9 Å². The molecule has 1 unspecified atom stereocenters. The normalized spacial score (nSPS) is 12.0. The average Bonchev–Trinajstić information content (AvgIpc) is 2.96. The largest absolute Gasteiger partial charge is 0.324 e. The SMILES string of the molecule is Cc1ccc(C)c(NC(=O)C(C)n2nc(-n3nc(C)cc3C)ccc2=O)c1. The van der Waals surface area contributed by atoms with Crippen molar-refractivity contribution in [3.05, 3.63) is 69.3 Å². The lowest BCUT2D eigenvalue weighted by Crippen LogP contribution is -2.34. The van der Waals surface area contributed by atoms with Crippen LogP contribution in [0.4, 0.5) is 5.69 Å². The van der Waals surface area contributed by atoms with Crippen molar-refractivity contribution in [1.29, 1.82) is 0 Å². The number of hydrogen-bond donors (Lipinski definition) is 1. The van der Waals surface area contributed by atoms with Gasteiger partial charge in [0, 0.05) is 17.4 Å². The number of aromatic nitrogens is 4. The summed E-state index contributed by atoms with van der Waals surface area (Å²) >= 11 is 0. The van der Waals surface area contributed by atoms with Gasteiger partial charge in [-0.1, -0.05) is 12.1 Å². The molecule has 2 heterocycles. The summed E-state index contributed by atoms with van der Waals surface area (Å²) in [7, 11) is 0. The quantitative estimate of drug-likeness (QED) is 0.771. The van der Waals surface area contributed by atoms with Crippen molar-refractivity contribution >= 4 is 11.6 Å². The predicted molar refractivity (Wildman–Crippen MR) is 104 cm³/mol. The van der Waals surface area contributed by atoms with Crippen molar-refractivity contribution in [3.63, 3.8) is 0 Å². The first-order chi connectivity index (χ1) is 12.8. The Morgan fingerprint density at radius 2 is 1.78 bits per heavy atom. The van der Waals surface area contributed by atoms with Crippen LogP contribution < -0.4 is 10.9 Å². The molecule has 0 bridgehead atoms. The van der Waals surface area contributed by atoms with Crippen LogP contribution in [0.5, 0.6) is 0 Å². The molecular formula is C20H23N5O2. The van der Waals surface area contributed by atoms with Gasteiger partial charge in [0.05, 0.1) is 5.69 Å². The van der Waals surface area contributed by atoms with Crippen LogP contribution in [-0.4, -0.2) is 25.5 Å². The molecule has 0 fully saturated rings. The van der Waals surface area contributed by atoms with E-state index in [2.05, 4.69) is 15.5 Å². The molecule has 0 aliphatic rings. The second-order valence-corrected chi connectivity index (χ2v) is 6.80. The number of amides is 1. The lowest BCUT2D eigenvalue weighted by Gasteiger charge is -2.16. The van der Waals surface area contributed by atoms with E-state index in [-0.39, 0.29) is 11.5 Å². The highest BCUT2D eigenvalue weighted by Crippen LogP contribution is 2.18. The molecule has 7 nitrogen and oxygen atoms in total. The fraction of sp³-hybridized carbons (Fsp3) is 0.300. The second kappa shape index (κ2) is 7.19. The smallest absolute Gasteiger partial charge is 0.267 e. The first kappa shape index (κ1) is 18.6. The van der Waals surface area contributed by atoms with E-state index >= 15 is 0 Å². The van der Waals surface area contributed by atoms with Crippen LogP contribution in [0.1, 0.15) is 35.5 Å². The van der Waals surface area contributed by atoms with Crippen molar-refractivity contribution in [2.24, 2.45) is 0 Å². The summed E-state index contributed by atoms with van der Waals surface area (Å²) in [4.78, 5) is 25.0. The number of rotatable bonds is 4.